The summed E-state index contributed by atoms with van der Waals surface area (Å²) in [4.78, 5) is 19.3. The highest BCUT2D eigenvalue weighted by Gasteiger charge is 2.10. The minimum absolute atomic E-state index is 0.288. The molecule has 0 saturated heterocycles. The van der Waals surface area contributed by atoms with Gasteiger partial charge in [0.2, 0.25) is 5.88 Å². The fraction of sp³-hybridized carbons (Fsp3) is 0.0833. The highest BCUT2D eigenvalue weighted by atomic mass is 16.5. The number of anilines is 1. The van der Waals surface area contributed by atoms with Crippen molar-refractivity contribution < 1.29 is 9.53 Å². The van der Waals surface area contributed by atoms with Crippen molar-refractivity contribution in [3.05, 3.63) is 42.2 Å². The first-order chi connectivity index (χ1) is 8.70. The van der Waals surface area contributed by atoms with Crippen LogP contribution in [-0.2, 0) is 0 Å². The van der Waals surface area contributed by atoms with E-state index < -0.39 is 5.91 Å². The first kappa shape index (κ1) is 11.8. The van der Waals surface area contributed by atoms with Crippen molar-refractivity contribution in [2.75, 3.05) is 12.4 Å². The lowest BCUT2D eigenvalue weighted by Crippen LogP contribution is -2.12. The molecule has 0 bridgehead atoms. The molecular weight excluding hydrogens is 232 g/mol. The number of para-hydroxylation sites is 1. The molecule has 0 aliphatic carbocycles. The van der Waals surface area contributed by atoms with Gasteiger partial charge in [0.05, 0.1) is 18.0 Å². The average molecular weight is 244 g/mol. The number of benzene rings is 1. The minimum atomic E-state index is -0.552. The van der Waals surface area contributed by atoms with E-state index >= 15 is 0 Å². The number of hydrogen-bond acceptors (Lipinski definition) is 5. The van der Waals surface area contributed by atoms with Crippen LogP contribution >= 0.6 is 0 Å². The molecule has 0 aliphatic heterocycles. The van der Waals surface area contributed by atoms with E-state index in [1.54, 1.807) is 37.5 Å². The molecule has 1 aromatic carbocycles. The summed E-state index contributed by atoms with van der Waals surface area (Å²) in [6.45, 7) is 0. The van der Waals surface area contributed by atoms with E-state index in [2.05, 4.69) is 15.3 Å². The van der Waals surface area contributed by atoms with Gasteiger partial charge in [-0.3, -0.25) is 9.78 Å². The molecule has 1 amide bonds. The van der Waals surface area contributed by atoms with E-state index in [-0.39, 0.29) is 5.88 Å². The molecule has 0 unspecified atom stereocenters. The van der Waals surface area contributed by atoms with Crippen LogP contribution in [0.3, 0.4) is 0 Å². The Kier molecular flexibility index (Phi) is 3.38. The van der Waals surface area contributed by atoms with Crippen LogP contribution in [-0.4, -0.2) is 22.9 Å². The predicted octanol–water partition coefficient (Wildman–Crippen LogP) is 1.41. The number of ether oxygens (including phenoxy) is 1. The maximum absolute atomic E-state index is 11.2. The molecule has 6 nitrogen and oxygen atoms in total. The van der Waals surface area contributed by atoms with Gasteiger partial charge in [-0.2, -0.15) is 4.98 Å². The molecule has 92 valence electrons. The molecule has 3 N–H and O–H groups in total. The van der Waals surface area contributed by atoms with Gasteiger partial charge in [-0.05, 0) is 12.1 Å². The van der Waals surface area contributed by atoms with Crippen molar-refractivity contribution in [1.82, 2.24) is 9.97 Å². The van der Waals surface area contributed by atoms with Gasteiger partial charge >= 0.3 is 0 Å². The lowest BCUT2D eigenvalue weighted by Gasteiger charge is -2.08. The zero-order chi connectivity index (χ0) is 13.0. The second-order valence-corrected chi connectivity index (χ2v) is 3.46. The van der Waals surface area contributed by atoms with Crippen LogP contribution < -0.4 is 15.8 Å². The van der Waals surface area contributed by atoms with Gasteiger partial charge in [-0.1, -0.05) is 12.1 Å². The van der Waals surface area contributed by atoms with E-state index in [1.165, 1.54) is 6.20 Å². The summed E-state index contributed by atoms with van der Waals surface area (Å²) < 4.78 is 5.50. The Bertz CT molecular complexity index is 572. The Labute approximate surface area is 104 Å². The molecule has 0 aliphatic rings. The topological polar surface area (TPSA) is 90.1 Å². The maximum Gasteiger partial charge on any atom is 0.252 e. The van der Waals surface area contributed by atoms with E-state index in [4.69, 9.17) is 10.5 Å². The third-order valence-corrected chi connectivity index (χ3v) is 2.24. The Morgan fingerprint density at radius 1 is 1.33 bits per heavy atom. The fourth-order valence-electron chi connectivity index (χ4n) is 1.39. The summed E-state index contributed by atoms with van der Waals surface area (Å²) in [7, 11) is 1.73. The number of nitrogens with one attached hydrogen (secondary N) is 1. The minimum Gasteiger partial charge on any atom is -0.437 e. The van der Waals surface area contributed by atoms with Gasteiger partial charge in [0, 0.05) is 7.05 Å². The number of nitrogens with two attached hydrogens (primary N) is 1. The first-order valence-corrected chi connectivity index (χ1v) is 5.27. The first-order valence-electron chi connectivity index (χ1n) is 5.27. The van der Waals surface area contributed by atoms with Crippen LogP contribution in [0.2, 0.25) is 0 Å². The summed E-state index contributed by atoms with van der Waals surface area (Å²) in [6.07, 6.45) is 3.02. The molecule has 0 radical (unpaired) electrons. The second-order valence-electron chi connectivity index (χ2n) is 3.46. The number of aromatic nitrogens is 2. The standard InChI is InChI=1S/C12H12N4O2/c1-14-10-6-15-7-11(16-10)18-9-5-3-2-4-8(9)12(13)17/h2-7H,1H3,(H2,13,17)(H,14,16). The van der Waals surface area contributed by atoms with E-state index in [0.29, 0.717) is 17.1 Å². The largest absolute Gasteiger partial charge is 0.437 e. The Balaban J connectivity index is 2.31. The fourth-order valence-corrected chi connectivity index (χ4v) is 1.39. The molecule has 1 heterocycles. The number of carbonyl (C=O) groups is 1. The quantitative estimate of drug-likeness (QED) is 0.848. The van der Waals surface area contributed by atoms with Gasteiger partial charge in [0.25, 0.3) is 5.91 Å². The zero-order valence-electron chi connectivity index (χ0n) is 9.75. The summed E-state index contributed by atoms with van der Waals surface area (Å²) in [5, 5.41) is 2.85. The number of primary amides is 1. The van der Waals surface area contributed by atoms with Crippen molar-refractivity contribution in [2.45, 2.75) is 0 Å². The van der Waals surface area contributed by atoms with Gasteiger partial charge in [0.15, 0.2) is 0 Å². The number of hydrogen-bond donors (Lipinski definition) is 2. The van der Waals surface area contributed by atoms with Crippen LogP contribution in [0.15, 0.2) is 36.7 Å². The highest BCUT2D eigenvalue weighted by molar-refractivity contribution is 5.95. The molecule has 0 fully saturated rings. The van der Waals surface area contributed by atoms with Crippen molar-refractivity contribution in [2.24, 2.45) is 5.73 Å². The molecule has 18 heavy (non-hydrogen) atoms. The van der Waals surface area contributed by atoms with Crippen LogP contribution in [0.25, 0.3) is 0 Å². The van der Waals surface area contributed by atoms with Crippen LogP contribution in [0, 0.1) is 0 Å². The molecule has 2 rings (SSSR count). The molecule has 6 heteroatoms. The van der Waals surface area contributed by atoms with Crippen molar-refractivity contribution in [1.29, 1.82) is 0 Å². The average Bonchev–Trinajstić information content (AvgIpc) is 2.39. The normalized spacial score (nSPS) is 9.83. The second kappa shape index (κ2) is 5.13. The van der Waals surface area contributed by atoms with E-state index in [9.17, 15) is 4.79 Å². The highest BCUT2D eigenvalue weighted by Crippen LogP contribution is 2.23. The summed E-state index contributed by atoms with van der Waals surface area (Å²) in [5.41, 5.74) is 5.56. The van der Waals surface area contributed by atoms with Crippen molar-refractivity contribution in [3.63, 3.8) is 0 Å². The lowest BCUT2D eigenvalue weighted by molar-refractivity contribution is 0.0998. The van der Waals surface area contributed by atoms with E-state index in [1.807, 2.05) is 0 Å². The molecule has 0 spiro atoms. The van der Waals surface area contributed by atoms with Gasteiger partial charge in [-0.25, -0.2) is 0 Å². The van der Waals surface area contributed by atoms with Crippen LogP contribution in [0.4, 0.5) is 5.82 Å². The Morgan fingerprint density at radius 2 is 2.11 bits per heavy atom. The summed E-state index contributed by atoms with van der Waals surface area (Å²) in [5.74, 6) is 0.662. The number of nitrogens with zero attached hydrogens (tertiary/aromatic N) is 2. The monoisotopic (exact) mass is 244 g/mol. The predicted molar refractivity (Wildman–Crippen MR) is 66.6 cm³/mol. The third kappa shape index (κ3) is 2.54. The third-order valence-electron chi connectivity index (χ3n) is 2.24. The van der Waals surface area contributed by atoms with Gasteiger partial charge in [-0.15, -0.1) is 0 Å². The number of carbonyl (C=O) groups excluding carboxylic acids is 1. The van der Waals surface area contributed by atoms with Gasteiger partial charge < -0.3 is 15.8 Å². The lowest BCUT2D eigenvalue weighted by atomic mass is 10.2. The molecule has 1 aromatic heterocycles. The molecular formula is C12H12N4O2. The summed E-state index contributed by atoms with van der Waals surface area (Å²) >= 11 is 0. The molecule has 2 aromatic rings. The zero-order valence-corrected chi connectivity index (χ0v) is 9.75. The van der Waals surface area contributed by atoms with Crippen molar-refractivity contribution >= 4 is 11.7 Å². The Morgan fingerprint density at radius 3 is 2.83 bits per heavy atom. The number of rotatable bonds is 4. The Hall–Kier alpha value is -2.63. The number of amides is 1. The summed E-state index contributed by atoms with van der Waals surface area (Å²) in [6, 6.07) is 6.70. The van der Waals surface area contributed by atoms with E-state index in [0.717, 1.165) is 0 Å². The maximum atomic E-state index is 11.2. The van der Waals surface area contributed by atoms with Crippen LogP contribution in [0.5, 0.6) is 11.6 Å². The van der Waals surface area contributed by atoms with Crippen molar-refractivity contribution in [3.8, 4) is 11.6 Å². The molecule has 0 atom stereocenters. The molecule has 0 saturated carbocycles. The SMILES string of the molecule is CNc1cncc(Oc2ccccc2C(N)=O)n1. The van der Waals surface area contributed by atoms with Gasteiger partial charge in [0.1, 0.15) is 11.6 Å². The van der Waals surface area contributed by atoms with Crippen LogP contribution in [0.1, 0.15) is 10.4 Å². The smallest absolute Gasteiger partial charge is 0.252 e.